The number of benzene rings is 1. The molecule has 4 heteroatoms. The van der Waals surface area contributed by atoms with Crippen LogP contribution in [-0.2, 0) is 14.3 Å². The lowest BCUT2D eigenvalue weighted by Crippen LogP contribution is -2.69. The smallest absolute Gasteiger partial charge is 0.184 e. The molecule has 0 spiro atoms. The minimum atomic E-state index is -1.84. The molecule has 2 aliphatic rings. The number of hydrogen-bond donors (Lipinski definition) is 0. The molecule has 3 rings (SSSR count). The summed E-state index contributed by atoms with van der Waals surface area (Å²) in [5.41, 5.74) is 0.311. The van der Waals surface area contributed by atoms with Gasteiger partial charge < -0.3 is 4.74 Å². The van der Waals surface area contributed by atoms with E-state index in [0.29, 0.717) is 42.6 Å². The van der Waals surface area contributed by atoms with Crippen molar-refractivity contribution in [2.45, 2.75) is 81.1 Å². The number of carbonyl (C=O) groups excluding carboxylic acids is 3. The maximum atomic E-state index is 15.0. The van der Waals surface area contributed by atoms with Crippen molar-refractivity contribution in [3.63, 3.8) is 0 Å². The van der Waals surface area contributed by atoms with Gasteiger partial charge in [0.15, 0.2) is 22.8 Å². The number of hydrogen-bond acceptors (Lipinski definition) is 4. The van der Waals surface area contributed by atoms with Crippen LogP contribution in [0.25, 0.3) is 0 Å². The lowest BCUT2D eigenvalue weighted by molar-refractivity contribution is -0.165. The number of fused-ring (bicyclic) bond motifs is 2. The second kappa shape index (κ2) is 11.0. The van der Waals surface area contributed by atoms with Crippen LogP contribution in [0.1, 0.15) is 91.4 Å². The molecule has 0 aromatic heterocycles. The first-order valence-corrected chi connectivity index (χ1v) is 13.6. The van der Waals surface area contributed by atoms with E-state index < -0.39 is 27.8 Å². The van der Waals surface area contributed by atoms with Gasteiger partial charge in [-0.05, 0) is 78.6 Å². The number of ketones is 3. The molecule has 0 saturated heterocycles. The SMILES string of the molecule is COC1=C(CC=C(C)C)C(=O)[C@@]2(C(=O)c3ccccc3)C(=O)[C@]1(CC=C(C)C)C[C@H](CC=C(C)C)C2(C)C. The van der Waals surface area contributed by atoms with Gasteiger partial charge in [0.2, 0.25) is 0 Å². The number of ether oxygens (including phenoxy) is 1. The summed E-state index contributed by atoms with van der Waals surface area (Å²) in [5, 5.41) is 0. The topological polar surface area (TPSA) is 60.4 Å². The molecule has 1 fully saturated rings. The fraction of sp³-hybridized carbons (Fsp3) is 0.500. The Bertz CT molecular complexity index is 1230. The number of Topliss-reactive ketones (excluding diaryl/α,β-unsaturated/α-hetero) is 3. The van der Waals surface area contributed by atoms with E-state index in [4.69, 9.17) is 4.74 Å². The van der Waals surface area contributed by atoms with Crippen molar-refractivity contribution in [2.24, 2.45) is 22.2 Å². The first-order chi connectivity index (χ1) is 17.8. The molecule has 0 radical (unpaired) electrons. The van der Waals surface area contributed by atoms with Gasteiger partial charge in [-0.1, -0.05) is 79.1 Å². The Balaban J connectivity index is 2.49. The Labute approximate surface area is 228 Å². The number of methoxy groups -OCH3 is 1. The van der Waals surface area contributed by atoms with Gasteiger partial charge in [-0.25, -0.2) is 0 Å². The van der Waals surface area contributed by atoms with Crippen LogP contribution in [0, 0.1) is 22.2 Å². The lowest BCUT2D eigenvalue weighted by Gasteiger charge is -2.60. The molecule has 4 nitrogen and oxygen atoms in total. The molecule has 0 unspecified atom stereocenters. The van der Waals surface area contributed by atoms with Crippen LogP contribution < -0.4 is 0 Å². The quantitative estimate of drug-likeness (QED) is 0.189. The average molecular weight is 517 g/mol. The Morgan fingerprint density at radius 2 is 1.50 bits per heavy atom. The normalized spacial score (nSPS) is 26.0. The van der Waals surface area contributed by atoms with Gasteiger partial charge in [0.25, 0.3) is 0 Å². The minimum Gasteiger partial charge on any atom is -0.500 e. The number of allylic oxidation sites excluding steroid dienone is 8. The van der Waals surface area contributed by atoms with Crippen molar-refractivity contribution in [1.29, 1.82) is 0 Å². The maximum absolute atomic E-state index is 15.0. The molecule has 204 valence electrons. The molecule has 1 aromatic rings. The van der Waals surface area contributed by atoms with Gasteiger partial charge in [0.1, 0.15) is 5.76 Å². The fourth-order valence-corrected chi connectivity index (χ4v) is 6.45. The molecule has 2 aliphatic carbocycles. The summed E-state index contributed by atoms with van der Waals surface area (Å²) in [4.78, 5) is 44.5. The molecule has 2 bridgehead atoms. The summed E-state index contributed by atoms with van der Waals surface area (Å²) in [6.45, 7) is 16.0. The van der Waals surface area contributed by atoms with Crippen LogP contribution in [0.15, 0.2) is 76.6 Å². The number of carbonyl (C=O) groups is 3. The predicted molar refractivity (Wildman–Crippen MR) is 154 cm³/mol. The first-order valence-electron chi connectivity index (χ1n) is 13.6. The summed E-state index contributed by atoms with van der Waals surface area (Å²) < 4.78 is 6.02. The molecule has 0 amide bonds. The third kappa shape index (κ3) is 4.67. The molecule has 1 saturated carbocycles. The predicted octanol–water partition coefficient (Wildman–Crippen LogP) is 8.01. The van der Waals surface area contributed by atoms with Gasteiger partial charge in [-0.2, -0.15) is 0 Å². The standard InChI is InChI=1S/C34H44O4/c1-22(2)15-17-26-21-33(20-19-24(5)6)30(38-9)27(18-16-23(3)4)29(36)34(31(33)37,32(26,7)8)28(35)25-13-11-10-12-14-25/h10-16,19,26H,17-18,20-21H2,1-9H3/t26-,33+,34-/m0/s1. The zero-order valence-electron chi connectivity index (χ0n) is 24.7. The van der Waals surface area contributed by atoms with Crippen molar-refractivity contribution in [1.82, 2.24) is 0 Å². The Morgan fingerprint density at radius 3 is 2.03 bits per heavy atom. The average Bonchev–Trinajstić information content (AvgIpc) is 2.85. The third-order valence-corrected chi connectivity index (χ3v) is 8.65. The Morgan fingerprint density at radius 1 is 0.921 bits per heavy atom. The summed E-state index contributed by atoms with van der Waals surface area (Å²) in [6, 6.07) is 8.85. The molecular formula is C34H44O4. The molecule has 1 aromatic carbocycles. The molecule has 0 heterocycles. The largest absolute Gasteiger partial charge is 0.500 e. The van der Waals surface area contributed by atoms with Gasteiger partial charge in [-0.3, -0.25) is 14.4 Å². The summed E-state index contributed by atoms with van der Waals surface area (Å²) in [6.07, 6.45) is 8.13. The van der Waals surface area contributed by atoms with Crippen molar-refractivity contribution < 1.29 is 19.1 Å². The lowest BCUT2D eigenvalue weighted by atomic mass is 9.39. The second-order valence-corrected chi connectivity index (χ2v) is 12.3. The fourth-order valence-electron chi connectivity index (χ4n) is 6.45. The van der Waals surface area contributed by atoms with Gasteiger partial charge in [0, 0.05) is 11.1 Å². The first kappa shape index (κ1) is 29.5. The summed E-state index contributed by atoms with van der Waals surface area (Å²) >= 11 is 0. The van der Waals surface area contributed by atoms with Crippen molar-refractivity contribution >= 4 is 17.3 Å². The number of rotatable bonds is 9. The van der Waals surface area contributed by atoms with E-state index in [9.17, 15) is 9.59 Å². The van der Waals surface area contributed by atoms with Crippen LogP contribution in [0.2, 0.25) is 0 Å². The van der Waals surface area contributed by atoms with Crippen molar-refractivity contribution in [2.75, 3.05) is 7.11 Å². The van der Waals surface area contributed by atoms with Crippen LogP contribution in [0.3, 0.4) is 0 Å². The van der Waals surface area contributed by atoms with Gasteiger partial charge in [-0.15, -0.1) is 0 Å². The zero-order chi connectivity index (χ0) is 28.5. The van der Waals surface area contributed by atoms with Gasteiger partial charge >= 0.3 is 0 Å². The van der Waals surface area contributed by atoms with E-state index in [0.717, 1.165) is 11.1 Å². The zero-order valence-corrected chi connectivity index (χ0v) is 24.7. The molecule has 0 N–H and O–H groups in total. The van der Waals surface area contributed by atoms with E-state index in [2.05, 4.69) is 26.0 Å². The van der Waals surface area contributed by atoms with E-state index in [1.54, 1.807) is 31.4 Å². The van der Waals surface area contributed by atoms with E-state index in [-0.39, 0.29) is 11.7 Å². The summed E-state index contributed by atoms with van der Waals surface area (Å²) in [5.74, 6) is -0.751. The summed E-state index contributed by atoms with van der Waals surface area (Å²) in [7, 11) is 1.56. The highest BCUT2D eigenvalue weighted by Crippen LogP contribution is 2.66. The highest BCUT2D eigenvalue weighted by atomic mass is 16.5. The van der Waals surface area contributed by atoms with E-state index in [1.807, 2.05) is 53.7 Å². The van der Waals surface area contributed by atoms with Gasteiger partial charge in [0.05, 0.1) is 12.5 Å². The molecular weight excluding hydrogens is 472 g/mol. The van der Waals surface area contributed by atoms with Crippen molar-refractivity contribution in [3.8, 4) is 0 Å². The minimum absolute atomic E-state index is 0.0903. The van der Waals surface area contributed by atoms with Crippen LogP contribution in [0.4, 0.5) is 0 Å². The Hall–Kier alpha value is -3.01. The van der Waals surface area contributed by atoms with Crippen LogP contribution in [-0.4, -0.2) is 24.5 Å². The van der Waals surface area contributed by atoms with Crippen LogP contribution in [0.5, 0.6) is 0 Å². The highest BCUT2D eigenvalue weighted by molar-refractivity contribution is 6.36. The molecule has 38 heavy (non-hydrogen) atoms. The molecule has 0 aliphatic heterocycles. The van der Waals surface area contributed by atoms with Crippen molar-refractivity contribution in [3.05, 3.63) is 82.2 Å². The third-order valence-electron chi connectivity index (χ3n) is 8.65. The maximum Gasteiger partial charge on any atom is 0.184 e. The highest BCUT2D eigenvalue weighted by Gasteiger charge is 2.75. The Kier molecular flexibility index (Phi) is 8.55. The van der Waals surface area contributed by atoms with E-state index >= 15 is 4.79 Å². The molecule has 3 atom stereocenters. The van der Waals surface area contributed by atoms with E-state index in [1.165, 1.54) is 5.57 Å². The second-order valence-electron chi connectivity index (χ2n) is 12.3. The monoisotopic (exact) mass is 516 g/mol. The van der Waals surface area contributed by atoms with Crippen LogP contribution >= 0.6 is 0 Å².